The topological polar surface area (TPSA) is 84.4 Å². The maximum Gasteiger partial charge on any atom is 0.311 e. The molecule has 0 unspecified atom stereocenters. The van der Waals surface area contributed by atoms with Crippen LogP contribution in [0.2, 0.25) is 0 Å². The van der Waals surface area contributed by atoms with Crippen molar-refractivity contribution in [2.75, 3.05) is 44.9 Å². The number of carboxylic acids is 1. The molecule has 8 nitrogen and oxygen atoms in total. The van der Waals surface area contributed by atoms with Crippen LogP contribution in [0.15, 0.2) is 42.5 Å². The molecule has 3 aliphatic heterocycles. The summed E-state index contributed by atoms with van der Waals surface area (Å²) in [6.45, 7) is 13.7. The SMILES string of the molecule is COC[C@H]1N(c2cccc(-c3cccc(C)c3OCc3cc(C)c4c(c3C)CCN(C3CCOCC3)C4)n2)CC[C@@]1(C)C(=O)O. The number of ether oxygens (including phenoxy) is 3. The van der Waals surface area contributed by atoms with Crippen LogP contribution >= 0.6 is 0 Å². The van der Waals surface area contributed by atoms with Crippen molar-refractivity contribution in [3.8, 4) is 17.0 Å². The number of carbonyl (C=O) groups is 1. The Morgan fingerprint density at radius 1 is 1.07 bits per heavy atom. The van der Waals surface area contributed by atoms with Crippen molar-refractivity contribution in [2.45, 2.75) is 78.6 Å². The van der Waals surface area contributed by atoms with Crippen molar-refractivity contribution in [3.05, 3.63) is 75.8 Å². The number of aryl methyl sites for hydroxylation is 2. The zero-order valence-corrected chi connectivity index (χ0v) is 27.4. The number of rotatable bonds is 9. The largest absolute Gasteiger partial charge is 0.488 e. The monoisotopic (exact) mass is 613 g/mol. The van der Waals surface area contributed by atoms with Crippen LogP contribution in [-0.2, 0) is 33.8 Å². The minimum absolute atomic E-state index is 0.310. The predicted molar refractivity (Wildman–Crippen MR) is 176 cm³/mol. The van der Waals surface area contributed by atoms with Gasteiger partial charge in [-0.05, 0) is 105 Å². The molecule has 2 aromatic carbocycles. The lowest BCUT2D eigenvalue weighted by Gasteiger charge is -2.39. The maximum atomic E-state index is 12.2. The van der Waals surface area contributed by atoms with Crippen LogP contribution in [-0.4, -0.2) is 73.1 Å². The first kappa shape index (κ1) is 31.5. The third-order valence-corrected chi connectivity index (χ3v) is 10.6. The molecule has 0 radical (unpaired) electrons. The molecule has 45 heavy (non-hydrogen) atoms. The van der Waals surface area contributed by atoms with E-state index in [-0.39, 0.29) is 6.04 Å². The standard InChI is InChI=1S/C37H47N3O5/c1-24-8-6-9-30(32-10-7-11-34(38-32)40-17-15-37(4,36(41)42)33(40)23-43-5)35(24)45-22-27-20-25(2)31-21-39(16-12-29(31)26(27)3)28-13-18-44-19-14-28/h6-11,20,28,33H,12-19,21-23H2,1-5H3,(H,41,42)/t33-,37-/m1/s1. The average Bonchev–Trinajstić information content (AvgIpc) is 3.40. The van der Waals surface area contributed by atoms with Gasteiger partial charge < -0.3 is 24.2 Å². The van der Waals surface area contributed by atoms with Crippen molar-refractivity contribution in [2.24, 2.45) is 5.41 Å². The van der Waals surface area contributed by atoms with Crippen LogP contribution < -0.4 is 9.64 Å². The molecule has 0 aliphatic carbocycles. The zero-order valence-electron chi connectivity index (χ0n) is 27.4. The lowest BCUT2D eigenvalue weighted by molar-refractivity contribution is -0.148. The number of hydrogen-bond donors (Lipinski definition) is 1. The lowest BCUT2D eigenvalue weighted by Crippen LogP contribution is -2.46. The molecule has 3 aliphatic rings. The second-order valence-corrected chi connectivity index (χ2v) is 13.3. The van der Waals surface area contributed by atoms with Crippen LogP contribution in [0, 0.1) is 26.2 Å². The van der Waals surface area contributed by atoms with Gasteiger partial charge in [-0.1, -0.05) is 24.3 Å². The van der Waals surface area contributed by atoms with Gasteiger partial charge in [0.25, 0.3) is 0 Å². The molecular formula is C37H47N3O5. The number of fused-ring (bicyclic) bond motifs is 1. The molecule has 0 spiro atoms. The number of nitrogens with zero attached hydrogens (tertiary/aromatic N) is 3. The van der Waals surface area contributed by atoms with Crippen LogP contribution in [0.25, 0.3) is 11.3 Å². The molecule has 8 heteroatoms. The second kappa shape index (κ2) is 13.1. The van der Waals surface area contributed by atoms with E-state index in [0.29, 0.717) is 32.2 Å². The number of anilines is 1. The number of para-hydroxylation sites is 1. The van der Waals surface area contributed by atoms with E-state index in [9.17, 15) is 9.90 Å². The molecule has 2 atom stereocenters. The molecule has 240 valence electrons. The minimum atomic E-state index is -0.903. The van der Waals surface area contributed by atoms with E-state index in [1.165, 1.54) is 27.8 Å². The zero-order chi connectivity index (χ0) is 31.7. The van der Waals surface area contributed by atoms with Crippen LogP contribution in [0.4, 0.5) is 5.82 Å². The number of aromatic nitrogens is 1. The van der Waals surface area contributed by atoms with Gasteiger partial charge in [-0.25, -0.2) is 4.98 Å². The van der Waals surface area contributed by atoms with Gasteiger partial charge in [-0.3, -0.25) is 9.69 Å². The van der Waals surface area contributed by atoms with E-state index in [2.05, 4.69) is 48.8 Å². The Balaban J connectivity index is 1.24. The number of pyridine rings is 1. The number of benzene rings is 2. The fourth-order valence-electron chi connectivity index (χ4n) is 7.63. The fourth-order valence-corrected chi connectivity index (χ4v) is 7.63. The Labute approximate surface area is 267 Å². The van der Waals surface area contributed by atoms with E-state index in [1.807, 2.05) is 31.2 Å². The van der Waals surface area contributed by atoms with Gasteiger partial charge in [0.05, 0.1) is 23.8 Å². The molecular weight excluding hydrogens is 566 g/mol. The van der Waals surface area contributed by atoms with Crippen molar-refractivity contribution in [1.29, 1.82) is 0 Å². The molecule has 1 aromatic heterocycles. The summed E-state index contributed by atoms with van der Waals surface area (Å²) in [5.74, 6) is 0.776. The van der Waals surface area contributed by atoms with E-state index >= 15 is 0 Å². The van der Waals surface area contributed by atoms with Gasteiger partial charge in [-0.2, -0.15) is 0 Å². The van der Waals surface area contributed by atoms with Crippen molar-refractivity contribution >= 4 is 11.8 Å². The minimum Gasteiger partial charge on any atom is -0.488 e. The van der Waals surface area contributed by atoms with Crippen molar-refractivity contribution in [3.63, 3.8) is 0 Å². The number of aliphatic carboxylic acids is 1. The molecule has 0 amide bonds. The van der Waals surface area contributed by atoms with Crippen LogP contribution in [0.3, 0.4) is 0 Å². The van der Waals surface area contributed by atoms with Gasteiger partial charge in [0.15, 0.2) is 0 Å². The quantitative estimate of drug-likeness (QED) is 0.310. The highest BCUT2D eigenvalue weighted by molar-refractivity contribution is 5.77. The lowest BCUT2D eigenvalue weighted by atomic mass is 9.83. The van der Waals surface area contributed by atoms with Crippen molar-refractivity contribution in [1.82, 2.24) is 9.88 Å². The smallest absolute Gasteiger partial charge is 0.311 e. The number of methoxy groups -OCH3 is 1. The summed E-state index contributed by atoms with van der Waals surface area (Å²) < 4.78 is 17.8. The Kier molecular flexibility index (Phi) is 9.18. The molecule has 6 rings (SSSR count). The third kappa shape index (κ3) is 6.08. The molecule has 3 aromatic rings. The van der Waals surface area contributed by atoms with E-state index in [4.69, 9.17) is 19.2 Å². The first-order chi connectivity index (χ1) is 21.7. The highest BCUT2D eigenvalue weighted by atomic mass is 16.5. The van der Waals surface area contributed by atoms with E-state index in [0.717, 1.165) is 74.0 Å². The molecule has 0 saturated carbocycles. The predicted octanol–water partition coefficient (Wildman–Crippen LogP) is 6.11. The second-order valence-electron chi connectivity index (χ2n) is 13.3. The van der Waals surface area contributed by atoms with E-state index in [1.54, 1.807) is 7.11 Å². The van der Waals surface area contributed by atoms with Gasteiger partial charge >= 0.3 is 5.97 Å². The van der Waals surface area contributed by atoms with E-state index < -0.39 is 11.4 Å². The Hall–Kier alpha value is -3.46. The maximum absolute atomic E-state index is 12.2. The first-order valence-corrected chi connectivity index (χ1v) is 16.3. The van der Waals surface area contributed by atoms with Gasteiger partial charge in [0.1, 0.15) is 18.2 Å². The highest BCUT2D eigenvalue weighted by Gasteiger charge is 2.50. The summed E-state index contributed by atoms with van der Waals surface area (Å²) in [5, 5.41) is 10.0. The summed E-state index contributed by atoms with van der Waals surface area (Å²) in [6.07, 6.45) is 3.86. The normalized spacial score (nSPS) is 22.4. The first-order valence-electron chi connectivity index (χ1n) is 16.3. The van der Waals surface area contributed by atoms with Crippen LogP contribution in [0.5, 0.6) is 5.75 Å². The Morgan fingerprint density at radius 3 is 2.60 bits per heavy atom. The number of hydrogen-bond acceptors (Lipinski definition) is 7. The molecule has 4 heterocycles. The number of carboxylic acid groups (broad SMARTS) is 1. The summed E-state index contributed by atoms with van der Waals surface area (Å²) in [4.78, 5) is 22.0. The fraction of sp³-hybridized carbons (Fsp3) is 0.514. The third-order valence-electron chi connectivity index (χ3n) is 10.6. The highest BCUT2D eigenvalue weighted by Crippen LogP contribution is 2.41. The van der Waals surface area contributed by atoms with Gasteiger partial charge in [0, 0.05) is 51.6 Å². The summed E-state index contributed by atoms with van der Waals surface area (Å²) in [5.41, 5.74) is 8.77. The van der Waals surface area contributed by atoms with Crippen LogP contribution in [0.1, 0.15) is 59.6 Å². The average molecular weight is 614 g/mol. The molecule has 1 N–H and O–H groups in total. The van der Waals surface area contributed by atoms with Gasteiger partial charge in [0.2, 0.25) is 0 Å². The molecule has 0 bridgehead atoms. The summed E-state index contributed by atoms with van der Waals surface area (Å²) in [6, 6.07) is 14.8. The molecule has 2 saturated heterocycles. The molecule has 2 fully saturated rings. The van der Waals surface area contributed by atoms with Gasteiger partial charge in [-0.15, -0.1) is 0 Å². The van der Waals surface area contributed by atoms with Crippen molar-refractivity contribution < 1.29 is 24.1 Å². The Bertz CT molecular complexity index is 1550. The summed E-state index contributed by atoms with van der Waals surface area (Å²) in [7, 11) is 1.62. The summed E-state index contributed by atoms with van der Waals surface area (Å²) >= 11 is 0. The Morgan fingerprint density at radius 2 is 1.84 bits per heavy atom.